The van der Waals surface area contributed by atoms with Crippen LogP contribution in [0.1, 0.15) is 43.6 Å². The van der Waals surface area contributed by atoms with E-state index in [9.17, 15) is 4.79 Å². The topological polar surface area (TPSA) is 85.8 Å². The number of nitrogens with one attached hydrogen (secondary N) is 1. The number of rotatable bonds is 7. The smallest absolute Gasteiger partial charge is 0.230 e. The second-order valence-electron chi connectivity index (χ2n) is 6.04. The Kier molecular flexibility index (Phi) is 4.91. The van der Waals surface area contributed by atoms with Crippen molar-refractivity contribution in [1.29, 1.82) is 0 Å². The number of anilines is 1. The van der Waals surface area contributed by atoms with Gasteiger partial charge in [-0.1, -0.05) is 31.7 Å². The van der Waals surface area contributed by atoms with Crippen molar-refractivity contribution in [3.05, 3.63) is 22.4 Å². The van der Waals surface area contributed by atoms with Gasteiger partial charge in [0.05, 0.1) is 11.8 Å². The van der Waals surface area contributed by atoms with Crippen LogP contribution in [0, 0.1) is 5.92 Å². The third-order valence-electron chi connectivity index (χ3n) is 3.77. The summed E-state index contributed by atoms with van der Waals surface area (Å²) in [5, 5.41) is 13.9. The number of carbonyl (C=O) groups is 1. The number of thiophene rings is 1. The molecule has 0 aliphatic heterocycles. The molecule has 6 nitrogen and oxygen atoms in total. The molecule has 0 aromatic carbocycles. The Bertz CT molecular complexity index is 663. The molecule has 23 heavy (non-hydrogen) atoms. The molecule has 3 rings (SSSR count). The molecule has 1 amide bonds. The van der Waals surface area contributed by atoms with E-state index in [2.05, 4.69) is 35.4 Å². The molecular formula is C15H21N5OS2. The van der Waals surface area contributed by atoms with E-state index in [0.717, 1.165) is 18.0 Å². The average molecular weight is 352 g/mol. The predicted molar refractivity (Wildman–Crippen MR) is 93.5 cm³/mol. The van der Waals surface area contributed by atoms with E-state index in [1.165, 1.54) is 16.6 Å². The molecule has 3 N–H and O–H groups in total. The Morgan fingerprint density at radius 2 is 2.30 bits per heavy atom. The summed E-state index contributed by atoms with van der Waals surface area (Å²) in [5.41, 5.74) is 5.85. The molecule has 0 unspecified atom stereocenters. The lowest BCUT2D eigenvalue weighted by Crippen LogP contribution is -2.32. The molecular weight excluding hydrogens is 330 g/mol. The molecule has 2 heterocycles. The lowest BCUT2D eigenvalue weighted by Gasteiger charge is -2.21. The van der Waals surface area contributed by atoms with Gasteiger partial charge in [-0.05, 0) is 30.2 Å². The van der Waals surface area contributed by atoms with Gasteiger partial charge in [0, 0.05) is 10.9 Å². The maximum Gasteiger partial charge on any atom is 0.230 e. The van der Waals surface area contributed by atoms with Gasteiger partial charge in [0.15, 0.2) is 5.16 Å². The first-order chi connectivity index (χ1) is 11.1. The van der Waals surface area contributed by atoms with Gasteiger partial charge in [-0.15, -0.1) is 21.5 Å². The van der Waals surface area contributed by atoms with E-state index in [0.29, 0.717) is 23.7 Å². The largest absolute Gasteiger partial charge is 0.368 e. The molecule has 0 saturated heterocycles. The number of nitrogen functional groups attached to an aromatic ring is 1. The van der Waals surface area contributed by atoms with E-state index in [1.807, 2.05) is 16.0 Å². The number of hydrogen-bond donors (Lipinski definition) is 2. The lowest BCUT2D eigenvalue weighted by atomic mass is 10.0. The molecule has 2 aromatic heterocycles. The van der Waals surface area contributed by atoms with Gasteiger partial charge >= 0.3 is 0 Å². The first-order valence-corrected chi connectivity index (χ1v) is 9.58. The minimum absolute atomic E-state index is 0.00557. The highest BCUT2D eigenvalue weighted by Gasteiger charge is 2.29. The molecule has 2 aromatic rings. The van der Waals surface area contributed by atoms with Gasteiger partial charge in [-0.25, -0.2) is 0 Å². The standard InChI is InChI=1S/C15H21N5OS2/c1-9(2)13(11-4-3-7-22-11)17-12(21)8-23-15-19-18-14(16)20(15)10-5-6-10/h3-4,7,9-10,13H,5-6,8H2,1-2H3,(H2,16,18)(H,17,21)/t13-/m1/s1. The van der Waals surface area contributed by atoms with Gasteiger partial charge in [0.1, 0.15) is 0 Å². The predicted octanol–water partition coefficient (Wildman–Crippen LogP) is 2.86. The second-order valence-corrected chi connectivity index (χ2v) is 7.96. The summed E-state index contributed by atoms with van der Waals surface area (Å²) in [7, 11) is 0. The summed E-state index contributed by atoms with van der Waals surface area (Å²) in [6.45, 7) is 4.23. The van der Waals surface area contributed by atoms with Crippen LogP contribution in [0.15, 0.2) is 22.7 Å². The molecule has 1 aliphatic carbocycles. The molecule has 0 radical (unpaired) electrons. The fraction of sp³-hybridized carbons (Fsp3) is 0.533. The summed E-state index contributed by atoms with van der Waals surface area (Å²) in [5.74, 6) is 1.10. The molecule has 8 heteroatoms. The van der Waals surface area contributed by atoms with E-state index < -0.39 is 0 Å². The number of aromatic nitrogens is 3. The van der Waals surface area contributed by atoms with Gasteiger partial charge < -0.3 is 11.1 Å². The van der Waals surface area contributed by atoms with Crippen molar-refractivity contribution in [2.24, 2.45) is 5.92 Å². The fourth-order valence-electron chi connectivity index (χ4n) is 2.44. The number of carbonyl (C=O) groups excluding carboxylic acids is 1. The highest BCUT2D eigenvalue weighted by Crippen LogP contribution is 2.39. The molecule has 124 valence electrons. The van der Waals surface area contributed by atoms with Crippen molar-refractivity contribution >= 4 is 35.0 Å². The summed E-state index contributed by atoms with van der Waals surface area (Å²) in [6, 6.07) is 4.53. The van der Waals surface area contributed by atoms with E-state index >= 15 is 0 Å². The maximum absolute atomic E-state index is 12.3. The quantitative estimate of drug-likeness (QED) is 0.749. The van der Waals surface area contributed by atoms with Crippen molar-refractivity contribution in [2.75, 3.05) is 11.5 Å². The third kappa shape index (κ3) is 3.87. The number of nitrogens with two attached hydrogens (primary N) is 1. The van der Waals surface area contributed by atoms with Crippen LogP contribution < -0.4 is 11.1 Å². The summed E-state index contributed by atoms with van der Waals surface area (Å²) < 4.78 is 1.94. The van der Waals surface area contributed by atoms with E-state index in [-0.39, 0.29) is 11.9 Å². The molecule has 0 spiro atoms. The molecule has 1 fully saturated rings. The zero-order chi connectivity index (χ0) is 16.4. The minimum Gasteiger partial charge on any atom is -0.368 e. The monoisotopic (exact) mass is 351 g/mol. The van der Waals surface area contributed by atoms with E-state index in [4.69, 9.17) is 5.73 Å². The van der Waals surface area contributed by atoms with Gasteiger partial charge in [-0.2, -0.15) is 0 Å². The summed E-state index contributed by atoms with van der Waals surface area (Å²) in [4.78, 5) is 13.5. The zero-order valence-corrected chi connectivity index (χ0v) is 14.9. The van der Waals surface area contributed by atoms with Crippen LogP contribution in [0.4, 0.5) is 5.95 Å². The zero-order valence-electron chi connectivity index (χ0n) is 13.2. The second kappa shape index (κ2) is 6.92. The normalized spacial score (nSPS) is 15.8. The van der Waals surface area contributed by atoms with Gasteiger partial charge in [-0.3, -0.25) is 9.36 Å². The van der Waals surface area contributed by atoms with Crippen molar-refractivity contribution in [2.45, 2.75) is 43.9 Å². The van der Waals surface area contributed by atoms with Crippen LogP contribution in [0.5, 0.6) is 0 Å². The molecule has 0 bridgehead atoms. The number of nitrogens with zero attached hydrogens (tertiary/aromatic N) is 3. The average Bonchev–Trinajstić information content (AvgIpc) is 3.06. The minimum atomic E-state index is 0.00557. The Labute approximate surface area is 143 Å². The van der Waals surface area contributed by atoms with Crippen LogP contribution in [0.25, 0.3) is 0 Å². The summed E-state index contributed by atoms with van der Waals surface area (Å²) in [6.07, 6.45) is 2.21. The van der Waals surface area contributed by atoms with Crippen molar-refractivity contribution in [1.82, 2.24) is 20.1 Å². The Balaban J connectivity index is 1.59. The van der Waals surface area contributed by atoms with Crippen LogP contribution >= 0.6 is 23.1 Å². The highest BCUT2D eigenvalue weighted by atomic mass is 32.2. The SMILES string of the molecule is CC(C)[C@@H](NC(=O)CSc1nnc(N)n1C1CC1)c1cccs1. The first-order valence-electron chi connectivity index (χ1n) is 7.72. The Hall–Kier alpha value is -1.54. The fourth-order valence-corrected chi connectivity index (χ4v) is 4.22. The van der Waals surface area contributed by atoms with Crippen LogP contribution in [-0.4, -0.2) is 26.4 Å². The van der Waals surface area contributed by atoms with Gasteiger partial charge in [0.2, 0.25) is 11.9 Å². The first kappa shape index (κ1) is 16.3. The molecule has 1 atom stereocenters. The Morgan fingerprint density at radius 1 is 1.52 bits per heavy atom. The van der Waals surface area contributed by atoms with Gasteiger partial charge in [0.25, 0.3) is 0 Å². The Morgan fingerprint density at radius 3 is 2.91 bits per heavy atom. The number of hydrogen-bond acceptors (Lipinski definition) is 6. The highest BCUT2D eigenvalue weighted by molar-refractivity contribution is 7.99. The molecule has 1 aliphatic rings. The van der Waals surface area contributed by atoms with Crippen molar-refractivity contribution < 1.29 is 4.79 Å². The van der Waals surface area contributed by atoms with E-state index in [1.54, 1.807) is 11.3 Å². The summed E-state index contributed by atoms with van der Waals surface area (Å²) >= 11 is 3.07. The van der Waals surface area contributed by atoms with Crippen LogP contribution in [0.2, 0.25) is 0 Å². The maximum atomic E-state index is 12.3. The van der Waals surface area contributed by atoms with Crippen LogP contribution in [0.3, 0.4) is 0 Å². The number of amides is 1. The third-order valence-corrected chi connectivity index (χ3v) is 5.67. The number of thioether (sulfide) groups is 1. The molecule has 1 saturated carbocycles. The van der Waals surface area contributed by atoms with Crippen LogP contribution in [-0.2, 0) is 4.79 Å². The van der Waals surface area contributed by atoms with Crippen molar-refractivity contribution in [3.8, 4) is 0 Å². The van der Waals surface area contributed by atoms with Crippen molar-refractivity contribution in [3.63, 3.8) is 0 Å². The lowest BCUT2D eigenvalue weighted by molar-refractivity contribution is -0.119.